The van der Waals surface area contributed by atoms with Gasteiger partial charge in [-0.15, -0.1) is 0 Å². The van der Waals surface area contributed by atoms with Gasteiger partial charge in [0.2, 0.25) is 6.08 Å². The Kier molecular flexibility index (Phi) is 5.61. The number of hydrogen-bond acceptors (Lipinski definition) is 4. The summed E-state index contributed by atoms with van der Waals surface area (Å²) < 4.78 is 7.15. The molecule has 0 fully saturated rings. The molecule has 0 saturated heterocycles. The van der Waals surface area contributed by atoms with E-state index in [1.807, 2.05) is 42.8 Å². The predicted octanol–water partition coefficient (Wildman–Crippen LogP) is 2.81. The van der Waals surface area contributed by atoms with E-state index in [1.165, 1.54) is 6.08 Å². The van der Waals surface area contributed by atoms with Crippen molar-refractivity contribution >= 4 is 23.5 Å². The first-order chi connectivity index (χ1) is 11.1. The first kappa shape index (κ1) is 16.4. The Morgan fingerprint density at radius 1 is 1.30 bits per heavy atom. The average molecular weight is 312 g/mol. The van der Waals surface area contributed by atoms with Crippen LogP contribution in [0.25, 0.3) is 0 Å². The largest absolute Gasteiger partial charge is 0.443 e. The van der Waals surface area contributed by atoms with Gasteiger partial charge < -0.3 is 4.74 Å². The maximum absolute atomic E-state index is 11.8. The lowest BCUT2D eigenvalue weighted by molar-refractivity contribution is -0.703. The number of isocyanates is 1. The third-order valence-electron chi connectivity index (χ3n) is 3.35. The molecule has 1 N–H and O–H groups in total. The number of carbonyl (C=O) groups is 1. The van der Waals surface area contributed by atoms with Crippen LogP contribution in [-0.4, -0.2) is 18.8 Å². The molecule has 6 nitrogen and oxygen atoms in total. The van der Waals surface area contributed by atoms with Gasteiger partial charge in [0.1, 0.15) is 0 Å². The summed E-state index contributed by atoms with van der Waals surface area (Å²) in [7, 11) is 0. The fraction of sp³-hybridized carbons (Fsp3) is 0.235. The molecule has 1 amide bonds. The summed E-state index contributed by atoms with van der Waals surface area (Å²) in [5.74, 6) is 0. The zero-order chi connectivity index (χ0) is 16.7. The second kappa shape index (κ2) is 7.87. The number of amides is 1. The maximum Gasteiger partial charge on any atom is 0.411 e. The standard InChI is InChI=1S/C17H17N3O3/c1-13-6-7-15(11-16(13)18-12-21)19-17(22)23-10-9-20-8-4-3-5-14(20)2/h3-8,11H,9-10H2,1-2H3/p+1. The maximum atomic E-state index is 11.8. The van der Waals surface area contributed by atoms with Crippen molar-refractivity contribution < 1.29 is 18.9 Å². The van der Waals surface area contributed by atoms with Gasteiger partial charge in [0.25, 0.3) is 0 Å². The fourth-order valence-electron chi connectivity index (χ4n) is 2.06. The number of nitrogens with one attached hydrogen (secondary N) is 1. The summed E-state index contributed by atoms with van der Waals surface area (Å²) in [5.41, 5.74) is 2.89. The summed E-state index contributed by atoms with van der Waals surface area (Å²) in [6, 6.07) is 10.9. The average Bonchev–Trinajstić information content (AvgIpc) is 2.53. The van der Waals surface area contributed by atoms with Crippen molar-refractivity contribution in [3.63, 3.8) is 0 Å². The third-order valence-corrected chi connectivity index (χ3v) is 3.35. The molecule has 0 spiro atoms. The van der Waals surface area contributed by atoms with E-state index in [1.54, 1.807) is 18.2 Å². The van der Waals surface area contributed by atoms with Gasteiger partial charge in [0.05, 0.1) is 5.69 Å². The van der Waals surface area contributed by atoms with Crippen molar-refractivity contribution in [2.45, 2.75) is 20.4 Å². The molecule has 6 heteroatoms. The van der Waals surface area contributed by atoms with Crippen LogP contribution in [0.1, 0.15) is 11.3 Å². The van der Waals surface area contributed by atoms with Gasteiger partial charge in [0, 0.05) is 24.7 Å². The van der Waals surface area contributed by atoms with E-state index in [9.17, 15) is 9.59 Å². The molecule has 0 aliphatic heterocycles. The first-order valence-corrected chi connectivity index (χ1v) is 7.17. The van der Waals surface area contributed by atoms with Crippen LogP contribution in [0.5, 0.6) is 0 Å². The Labute approximate surface area is 134 Å². The molecule has 0 aliphatic rings. The van der Waals surface area contributed by atoms with E-state index < -0.39 is 6.09 Å². The number of aliphatic imine (C=N–C) groups is 1. The molecule has 23 heavy (non-hydrogen) atoms. The smallest absolute Gasteiger partial charge is 0.411 e. The number of aromatic nitrogens is 1. The van der Waals surface area contributed by atoms with Gasteiger partial charge in [-0.2, -0.15) is 9.56 Å². The molecule has 0 unspecified atom stereocenters. The Morgan fingerprint density at radius 3 is 2.87 bits per heavy atom. The topological polar surface area (TPSA) is 71.6 Å². The number of benzene rings is 1. The van der Waals surface area contributed by atoms with Gasteiger partial charge in [-0.1, -0.05) is 12.1 Å². The van der Waals surface area contributed by atoms with E-state index in [2.05, 4.69) is 10.3 Å². The second-order valence-electron chi connectivity index (χ2n) is 5.00. The van der Waals surface area contributed by atoms with Crippen molar-refractivity contribution in [2.24, 2.45) is 4.99 Å². The number of nitrogens with zero attached hydrogens (tertiary/aromatic N) is 2. The number of hydrogen-bond donors (Lipinski definition) is 1. The van der Waals surface area contributed by atoms with Gasteiger partial charge >= 0.3 is 6.09 Å². The Morgan fingerprint density at radius 2 is 2.13 bits per heavy atom. The number of aryl methyl sites for hydroxylation is 2. The second-order valence-corrected chi connectivity index (χ2v) is 5.00. The molecule has 0 radical (unpaired) electrons. The highest BCUT2D eigenvalue weighted by Crippen LogP contribution is 2.22. The highest BCUT2D eigenvalue weighted by Gasteiger charge is 2.08. The van der Waals surface area contributed by atoms with Crippen LogP contribution < -0.4 is 9.88 Å². The van der Waals surface area contributed by atoms with Crippen LogP contribution in [0.15, 0.2) is 47.6 Å². The Hall–Kier alpha value is -2.98. The van der Waals surface area contributed by atoms with Gasteiger partial charge in [0.15, 0.2) is 25.0 Å². The molecular formula is C17H18N3O3+. The Balaban J connectivity index is 1.89. The predicted molar refractivity (Wildman–Crippen MR) is 85.3 cm³/mol. The lowest BCUT2D eigenvalue weighted by Crippen LogP contribution is -2.39. The van der Waals surface area contributed by atoms with E-state index in [4.69, 9.17) is 4.74 Å². The molecule has 0 bridgehead atoms. The summed E-state index contributed by atoms with van der Waals surface area (Å²) in [4.78, 5) is 25.7. The number of anilines is 1. The Bertz CT molecular complexity index is 752. The van der Waals surface area contributed by atoms with Crippen LogP contribution >= 0.6 is 0 Å². The minimum absolute atomic E-state index is 0.257. The first-order valence-electron chi connectivity index (χ1n) is 7.17. The highest BCUT2D eigenvalue weighted by atomic mass is 16.5. The fourth-order valence-corrected chi connectivity index (χ4v) is 2.06. The van der Waals surface area contributed by atoms with Crippen LogP contribution in [0.3, 0.4) is 0 Å². The molecule has 0 aliphatic carbocycles. The van der Waals surface area contributed by atoms with Crippen LogP contribution in [0.4, 0.5) is 16.2 Å². The molecule has 118 valence electrons. The number of pyridine rings is 1. The monoisotopic (exact) mass is 312 g/mol. The van der Waals surface area contributed by atoms with Crippen molar-refractivity contribution in [1.29, 1.82) is 0 Å². The van der Waals surface area contributed by atoms with Crippen molar-refractivity contribution in [3.8, 4) is 0 Å². The van der Waals surface area contributed by atoms with Gasteiger partial charge in [-0.05, 0) is 24.6 Å². The van der Waals surface area contributed by atoms with E-state index in [-0.39, 0.29) is 6.61 Å². The molecule has 0 atom stereocenters. The molecule has 1 heterocycles. The van der Waals surface area contributed by atoms with Crippen molar-refractivity contribution in [3.05, 3.63) is 53.9 Å². The van der Waals surface area contributed by atoms with Gasteiger partial charge in [-0.3, -0.25) is 5.32 Å². The number of carbonyl (C=O) groups excluding carboxylic acids is 2. The van der Waals surface area contributed by atoms with Gasteiger partial charge in [-0.25, -0.2) is 9.59 Å². The molecule has 0 saturated carbocycles. The number of rotatable bonds is 5. The van der Waals surface area contributed by atoms with E-state index in [0.717, 1.165) is 11.3 Å². The SMILES string of the molecule is Cc1ccc(NC(=O)OCC[n+]2ccccc2C)cc1N=C=O. The summed E-state index contributed by atoms with van der Waals surface area (Å²) >= 11 is 0. The summed E-state index contributed by atoms with van der Waals surface area (Å²) in [6.45, 7) is 4.64. The highest BCUT2D eigenvalue weighted by molar-refractivity contribution is 5.85. The third kappa shape index (κ3) is 4.76. The quantitative estimate of drug-likeness (QED) is 0.524. The zero-order valence-corrected chi connectivity index (χ0v) is 13.1. The lowest BCUT2D eigenvalue weighted by atomic mass is 10.2. The van der Waals surface area contributed by atoms with Crippen LogP contribution in [0, 0.1) is 13.8 Å². The normalized spacial score (nSPS) is 9.83. The molecule has 1 aromatic carbocycles. The van der Waals surface area contributed by atoms with Crippen molar-refractivity contribution in [1.82, 2.24) is 0 Å². The van der Waals surface area contributed by atoms with E-state index in [0.29, 0.717) is 17.9 Å². The molecule has 2 aromatic rings. The lowest BCUT2D eigenvalue weighted by Gasteiger charge is -2.07. The molecule has 1 aromatic heterocycles. The van der Waals surface area contributed by atoms with Crippen molar-refractivity contribution in [2.75, 3.05) is 11.9 Å². The van der Waals surface area contributed by atoms with Crippen LogP contribution in [0.2, 0.25) is 0 Å². The molecular weight excluding hydrogens is 294 g/mol. The summed E-state index contributed by atoms with van der Waals surface area (Å²) in [5, 5.41) is 2.61. The summed E-state index contributed by atoms with van der Waals surface area (Å²) in [6.07, 6.45) is 2.87. The molecule has 2 rings (SSSR count). The van der Waals surface area contributed by atoms with E-state index >= 15 is 0 Å². The minimum atomic E-state index is -0.552. The van der Waals surface area contributed by atoms with Crippen LogP contribution in [-0.2, 0) is 16.1 Å². The minimum Gasteiger partial charge on any atom is -0.443 e. The number of ether oxygens (including phenoxy) is 1. The zero-order valence-electron chi connectivity index (χ0n) is 13.1.